The van der Waals surface area contributed by atoms with Crippen LogP contribution >= 0.6 is 0 Å². The molecule has 0 saturated heterocycles. The highest BCUT2D eigenvalue weighted by Gasteiger charge is 2.11. The Balaban J connectivity index is 4.38. The van der Waals surface area contributed by atoms with Crippen LogP contribution < -0.4 is 0 Å². The van der Waals surface area contributed by atoms with E-state index in [0.717, 1.165) is 19.3 Å². The third-order valence-corrected chi connectivity index (χ3v) is 2.64. The Labute approximate surface area is 93.7 Å². The number of allylic oxidation sites excluding steroid dienone is 1. The van der Waals surface area contributed by atoms with E-state index in [9.17, 15) is 4.79 Å². The molecule has 0 fully saturated rings. The number of carbonyl (C=O) groups excluding carboxylic acids is 1. The molecular weight excluding hydrogens is 188 g/mol. The number of Topliss-reactive ketones (excluding diaryl/α,β-unsaturated/α-hetero) is 1. The van der Waals surface area contributed by atoms with Crippen molar-refractivity contribution in [2.45, 2.75) is 60.0 Å². The standard InChI is InChI=1S/C13H24O2/c1-6-8-10(3)12(5)13(7-2)15-9-11(4)14/h13H,6-9H2,1-5H3/b12-10-. The van der Waals surface area contributed by atoms with Crippen LogP contribution in [-0.4, -0.2) is 18.5 Å². The summed E-state index contributed by atoms with van der Waals surface area (Å²) in [7, 11) is 0. The predicted octanol–water partition coefficient (Wildman–Crippen LogP) is 3.51. The lowest BCUT2D eigenvalue weighted by Gasteiger charge is -2.18. The lowest BCUT2D eigenvalue weighted by molar-refractivity contribution is -0.122. The maximum atomic E-state index is 10.8. The highest BCUT2D eigenvalue weighted by Crippen LogP contribution is 2.18. The fraction of sp³-hybridized carbons (Fsp3) is 0.769. The topological polar surface area (TPSA) is 26.3 Å². The fourth-order valence-electron chi connectivity index (χ4n) is 1.61. The lowest BCUT2D eigenvalue weighted by atomic mass is 10.0. The van der Waals surface area contributed by atoms with Gasteiger partial charge in [0.15, 0.2) is 5.78 Å². The Morgan fingerprint density at radius 1 is 1.20 bits per heavy atom. The van der Waals surface area contributed by atoms with Crippen LogP contribution in [-0.2, 0) is 9.53 Å². The molecule has 15 heavy (non-hydrogen) atoms. The van der Waals surface area contributed by atoms with Gasteiger partial charge in [0.1, 0.15) is 6.61 Å². The summed E-state index contributed by atoms with van der Waals surface area (Å²) in [4.78, 5) is 10.8. The summed E-state index contributed by atoms with van der Waals surface area (Å²) < 4.78 is 5.57. The van der Waals surface area contributed by atoms with Crippen LogP contribution in [0.15, 0.2) is 11.1 Å². The molecule has 0 saturated carbocycles. The van der Waals surface area contributed by atoms with Gasteiger partial charge in [0.25, 0.3) is 0 Å². The van der Waals surface area contributed by atoms with Crippen LogP contribution in [0, 0.1) is 0 Å². The Morgan fingerprint density at radius 3 is 2.20 bits per heavy atom. The van der Waals surface area contributed by atoms with Crippen LogP contribution in [0.3, 0.4) is 0 Å². The first-order valence-electron chi connectivity index (χ1n) is 5.80. The van der Waals surface area contributed by atoms with Gasteiger partial charge in [-0.3, -0.25) is 4.79 Å². The van der Waals surface area contributed by atoms with Gasteiger partial charge < -0.3 is 4.74 Å². The SMILES string of the molecule is CCC/C(C)=C(/C)C(CC)OCC(C)=O. The molecule has 0 heterocycles. The molecule has 0 aromatic heterocycles. The van der Waals surface area contributed by atoms with Crippen molar-refractivity contribution in [3.05, 3.63) is 11.1 Å². The molecule has 2 heteroatoms. The molecule has 0 aliphatic rings. The molecule has 0 rings (SSSR count). The second kappa shape index (κ2) is 7.63. The average molecular weight is 212 g/mol. The van der Waals surface area contributed by atoms with Crippen molar-refractivity contribution >= 4 is 5.78 Å². The van der Waals surface area contributed by atoms with Crippen LogP contribution in [0.5, 0.6) is 0 Å². The minimum atomic E-state index is 0.0920. The molecule has 1 unspecified atom stereocenters. The van der Waals surface area contributed by atoms with E-state index in [-0.39, 0.29) is 18.5 Å². The van der Waals surface area contributed by atoms with E-state index in [0.29, 0.717) is 0 Å². The number of ether oxygens (including phenoxy) is 1. The summed E-state index contributed by atoms with van der Waals surface area (Å²) in [5.74, 6) is 0.0920. The summed E-state index contributed by atoms with van der Waals surface area (Å²) in [6.07, 6.45) is 3.32. The normalized spacial score (nSPS) is 14.7. The van der Waals surface area contributed by atoms with E-state index < -0.39 is 0 Å². The zero-order chi connectivity index (χ0) is 11.8. The molecule has 0 radical (unpaired) electrons. The van der Waals surface area contributed by atoms with Gasteiger partial charge in [-0.05, 0) is 39.2 Å². The van der Waals surface area contributed by atoms with Crippen LogP contribution in [0.1, 0.15) is 53.9 Å². The highest BCUT2D eigenvalue weighted by atomic mass is 16.5. The zero-order valence-corrected chi connectivity index (χ0v) is 10.7. The maximum Gasteiger partial charge on any atom is 0.155 e. The Kier molecular flexibility index (Phi) is 7.31. The first-order valence-corrected chi connectivity index (χ1v) is 5.80. The first kappa shape index (κ1) is 14.4. The van der Waals surface area contributed by atoms with Crippen molar-refractivity contribution in [3.8, 4) is 0 Å². The average Bonchev–Trinajstić information content (AvgIpc) is 2.18. The minimum Gasteiger partial charge on any atom is -0.366 e. The largest absolute Gasteiger partial charge is 0.366 e. The molecular formula is C13H24O2. The maximum absolute atomic E-state index is 10.8. The van der Waals surface area contributed by atoms with E-state index in [4.69, 9.17) is 4.74 Å². The molecule has 0 aliphatic carbocycles. The monoisotopic (exact) mass is 212 g/mol. The van der Waals surface area contributed by atoms with Crippen LogP contribution in [0.4, 0.5) is 0 Å². The molecule has 0 bridgehead atoms. The van der Waals surface area contributed by atoms with Gasteiger partial charge >= 0.3 is 0 Å². The molecule has 0 aromatic rings. The van der Waals surface area contributed by atoms with E-state index in [1.165, 1.54) is 11.1 Å². The van der Waals surface area contributed by atoms with Gasteiger partial charge in [0, 0.05) is 0 Å². The summed E-state index contributed by atoms with van der Waals surface area (Å²) in [5, 5.41) is 0. The van der Waals surface area contributed by atoms with Crippen molar-refractivity contribution in [2.24, 2.45) is 0 Å². The van der Waals surface area contributed by atoms with Crippen molar-refractivity contribution < 1.29 is 9.53 Å². The second-order valence-electron chi connectivity index (χ2n) is 4.12. The number of hydrogen-bond donors (Lipinski definition) is 0. The van der Waals surface area contributed by atoms with Crippen molar-refractivity contribution in [1.29, 1.82) is 0 Å². The molecule has 88 valence electrons. The minimum absolute atomic E-state index is 0.0920. The van der Waals surface area contributed by atoms with E-state index in [1.54, 1.807) is 6.92 Å². The van der Waals surface area contributed by atoms with Gasteiger partial charge in [-0.1, -0.05) is 25.8 Å². The summed E-state index contributed by atoms with van der Waals surface area (Å²) >= 11 is 0. The van der Waals surface area contributed by atoms with E-state index >= 15 is 0 Å². The number of hydrogen-bond acceptors (Lipinski definition) is 2. The van der Waals surface area contributed by atoms with E-state index in [1.807, 2.05) is 0 Å². The molecule has 0 amide bonds. The summed E-state index contributed by atoms with van der Waals surface area (Å²) in [6, 6.07) is 0. The highest BCUT2D eigenvalue weighted by molar-refractivity contribution is 5.76. The van der Waals surface area contributed by atoms with Crippen molar-refractivity contribution in [2.75, 3.05) is 6.61 Å². The van der Waals surface area contributed by atoms with Gasteiger partial charge in [-0.15, -0.1) is 0 Å². The first-order chi connectivity index (χ1) is 7.02. The Bertz CT molecular complexity index is 229. The smallest absolute Gasteiger partial charge is 0.155 e. The van der Waals surface area contributed by atoms with Crippen LogP contribution in [0.2, 0.25) is 0 Å². The third kappa shape index (κ3) is 5.73. The Hall–Kier alpha value is -0.630. The molecule has 1 atom stereocenters. The van der Waals surface area contributed by atoms with Crippen molar-refractivity contribution in [3.63, 3.8) is 0 Å². The zero-order valence-electron chi connectivity index (χ0n) is 10.7. The lowest BCUT2D eigenvalue weighted by Crippen LogP contribution is -2.18. The van der Waals surface area contributed by atoms with Gasteiger partial charge in [0.05, 0.1) is 6.10 Å². The molecule has 2 nitrogen and oxygen atoms in total. The summed E-state index contributed by atoms with van der Waals surface area (Å²) in [6.45, 7) is 10.3. The quantitative estimate of drug-likeness (QED) is 0.604. The van der Waals surface area contributed by atoms with E-state index in [2.05, 4.69) is 27.7 Å². The van der Waals surface area contributed by atoms with Crippen molar-refractivity contribution in [1.82, 2.24) is 0 Å². The number of rotatable bonds is 7. The number of ketones is 1. The second-order valence-corrected chi connectivity index (χ2v) is 4.12. The van der Waals surface area contributed by atoms with Gasteiger partial charge in [0.2, 0.25) is 0 Å². The fourth-order valence-corrected chi connectivity index (χ4v) is 1.61. The van der Waals surface area contributed by atoms with Crippen LogP contribution in [0.25, 0.3) is 0 Å². The summed E-state index contributed by atoms with van der Waals surface area (Å²) in [5.41, 5.74) is 2.69. The van der Waals surface area contributed by atoms with Gasteiger partial charge in [-0.25, -0.2) is 0 Å². The predicted molar refractivity (Wildman–Crippen MR) is 64.0 cm³/mol. The van der Waals surface area contributed by atoms with Gasteiger partial charge in [-0.2, -0.15) is 0 Å². The third-order valence-electron chi connectivity index (χ3n) is 2.64. The Morgan fingerprint density at radius 2 is 1.80 bits per heavy atom. The molecule has 0 aromatic carbocycles. The molecule has 0 N–H and O–H groups in total. The molecule has 0 aliphatic heterocycles. The number of carbonyl (C=O) groups is 1. The molecule has 0 spiro atoms.